The summed E-state index contributed by atoms with van der Waals surface area (Å²) in [6.07, 6.45) is 0. The lowest BCUT2D eigenvalue weighted by molar-refractivity contribution is -0.121. The lowest BCUT2D eigenvalue weighted by atomic mass is 10.1. The molecule has 3 amide bonds. The number of urea groups is 1. The van der Waals surface area contributed by atoms with E-state index in [1.807, 2.05) is 38.1 Å². The maximum absolute atomic E-state index is 12.3. The van der Waals surface area contributed by atoms with Gasteiger partial charge in [0.25, 0.3) is 0 Å². The smallest absolute Gasteiger partial charge is 0.318 e. The van der Waals surface area contributed by atoms with Gasteiger partial charge in [0, 0.05) is 18.7 Å². The van der Waals surface area contributed by atoms with Crippen LogP contribution in [0, 0.1) is 0 Å². The van der Waals surface area contributed by atoms with Crippen LogP contribution in [-0.2, 0) is 4.79 Å². The molecule has 1 atom stereocenters. The van der Waals surface area contributed by atoms with Crippen LogP contribution in [0.5, 0.6) is 5.75 Å². The standard InChI is InChI=1S/C15H21N3O3/c1-3-16-14(19)9-18(4-2)15(20)17-12-10-21-13-8-6-5-7-11(12)13/h5-8,12H,3-4,9-10H2,1-2H3,(H,16,19)(H,17,20). The number of likely N-dealkylation sites (N-methyl/N-ethyl adjacent to an activating group) is 2. The van der Waals surface area contributed by atoms with Gasteiger partial charge in [0.1, 0.15) is 18.9 Å². The van der Waals surface area contributed by atoms with E-state index in [1.54, 1.807) is 0 Å². The number of hydrogen-bond acceptors (Lipinski definition) is 3. The van der Waals surface area contributed by atoms with Crippen molar-refractivity contribution >= 4 is 11.9 Å². The third-order valence-corrected chi connectivity index (χ3v) is 3.37. The van der Waals surface area contributed by atoms with E-state index in [4.69, 9.17) is 4.74 Å². The monoisotopic (exact) mass is 291 g/mol. The van der Waals surface area contributed by atoms with E-state index >= 15 is 0 Å². The Labute approximate surface area is 124 Å². The molecule has 2 rings (SSSR count). The van der Waals surface area contributed by atoms with Gasteiger partial charge in [-0.3, -0.25) is 4.79 Å². The van der Waals surface area contributed by atoms with E-state index in [0.29, 0.717) is 19.7 Å². The molecule has 0 aromatic heterocycles. The zero-order valence-electron chi connectivity index (χ0n) is 12.4. The van der Waals surface area contributed by atoms with Crippen molar-refractivity contribution in [3.63, 3.8) is 0 Å². The molecule has 6 nitrogen and oxygen atoms in total. The number of fused-ring (bicyclic) bond motifs is 1. The lowest BCUT2D eigenvalue weighted by Gasteiger charge is -2.22. The Morgan fingerprint density at radius 3 is 2.81 bits per heavy atom. The SMILES string of the molecule is CCNC(=O)CN(CC)C(=O)NC1COc2ccccc21. The number of para-hydroxylation sites is 1. The molecule has 6 heteroatoms. The van der Waals surface area contributed by atoms with Gasteiger partial charge < -0.3 is 20.3 Å². The van der Waals surface area contributed by atoms with Crippen molar-refractivity contribution in [2.45, 2.75) is 19.9 Å². The number of nitrogens with one attached hydrogen (secondary N) is 2. The molecular weight excluding hydrogens is 270 g/mol. The van der Waals surface area contributed by atoms with Gasteiger partial charge in [-0.1, -0.05) is 18.2 Å². The minimum Gasteiger partial charge on any atom is -0.491 e. The fraction of sp³-hybridized carbons (Fsp3) is 0.467. The molecular formula is C15H21N3O3. The summed E-state index contributed by atoms with van der Waals surface area (Å²) in [6.45, 7) is 5.20. The zero-order chi connectivity index (χ0) is 15.2. The summed E-state index contributed by atoms with van der Waals surface area (Å²) in [4.78, 5) is 25.3. The first-order chi connectivity index (χ1) is 10.2. The molecule has 1 unspecified atom stereocenters. The normalized spacial score (nSPS) is 15.8. The minimum absolute atomic E-state index is 0.0609. The van der Waals surface area contributed by atoms with Crippen molar-refractivity contribution < 1.29 is 14.3 Å². The number of amides is 3. The van der Waals surface area contributed by atoms with Crippen LogP contribution in [0.4, 0.5) is 4.79 Å². The van der Waals surface area contributed by atoms with E-state index in [1.165, 1.54) is 4.90 Å². The van der Waals surface area contributed by atoms with Gasteiger partial charge in [-0.05, 0) is 19.9 Å². The first kappa shape index (κ1) is 15.2. The predicted molar refractivity (Wildman–Crippen MR) is 79.1 cm³/mol. The molecule has 1 aromatic carbocycles. The Bertz CT molecular complexity index is 519. The quantitative estimate of drug-likeness (QED) is 0.858. The number of benzene rings is 1. The van der Waals surface area contributed by atoms with E-state index in [-0.39, 0.29) is 24.5 Å². The molecule has 0 aliphatic carbocycles. The second kappa shape index (κ2) is 6.97. The van der Waals surface area contributed by atoms with E-state index < -0.39 is 0 Å². The fourth-order valence-corrected chi connectivity index (χ4v) is 2.28. The van der Waals surface area contributed by atoms with Crippen molar-refractivity contribution in [2.24, 2.45) is 0 Å². The highest BCUT2D eigenvalue weighted by Gasteiger charge is 2.27. The fourth-order valence-electron chi connectivity index (χ4n) is 2.28. The number of nitrogens with zero attached hydrogens (tertiary/aromatic N) is 1. The molecule has 0 fully saturated rings. The lowest BCUT2D eigenvalue weighted by Crippen LogP contribution is -2.46. The number of hydrogen-bond donors (Lipinski definition) is 2. The molecule has 114 valence electrons. The minimum atomic E-state index is -0.256. The molecule has 0 bridgehead atoms. The van der Waals surface area contributed by atoms with Crippen molar-refractivity contribution in [3.8, 4) is 5.75 Å². The second-order valence-electron chi connectivity index (χ2n) is 4.82. The molecule has 0 saturated heterocycles. The number of carbonyl (C=O) groups excluding carboxylic acids is 2. The third kappa shape index (κ3) is 3.65. The first-order valence-corrected chi connectivity index (χ1v) is 7.19. The van der Waals surface area contributed by atoms with Crippen LogP contribution in [0.25, 0.3) is 0 Å². The topological polar surface area (TPSA) is 70.7 Å². The number of ether oxygens (including phenoxy) is 1. The molecule has 2 N–H and O–H groups in total. The Kier molecular flexibility index (Phi) is 5.03. The maximum atomic E-state index is 12.3. The first-order valence-electron chi connectivity index (χ1n) is 7.19. The van der Waals surface area contributed by atoms with E-state index in [9.17, 15) is 9.59 Å². The van der Waals surface area contributed by atoms with Crippen molar-refractivity contribution in [1.82, 2.24) is 15.5 Å². The van der Waals surface area contributed by atoms with Crippen molar-refractivity contribution in [2.75, 3.05) is 26.2 Å². The Balaban J connectivity index is 1.96. The Morgan fingerprint density at radius 2 is 2.10 bits per heavy atom. The van der Waals surface area contributed by atoms with Gasteiger partial charge in [0.05, 0.1) is 6.04 Å². The van der Waals surface area contributed by atoms with Gasteiger partial charge in [-0.2, -0.15) is 0 Å². The Morgan fingerprint density at radius 1 is 1.33 bits per heavy atom. The molecule has 0 saturated carbocycles. The third-order valence-electron chi connectivity index (χ3n) is 3.37. The largest absolute Gasteiger partial charge is 0.491 e. The summed E-state index contributed by atoms with van der Waals surface area (Å²) in [5.74, 6) is 0.646. The highest BCUT2D eigenvalue weighted by atomic mass is 16.5. The molecule has 1 heterocycles. The molecule has 1 aromatic rings. The summed E-state index contributed by atoms with van der Waals surface area (Å²) >= 11 is 0. The molecule has 1 aliphatic rings. The van der Waals surface area contributed by atoms with Crippen molar-refractivity contribution in [3.05, 3.63) is 29.8 Å². The van der Waals surface area contributed by atoms with Crippen LogP contribution < -0.4 is 15.4 Å². The van der Waals surface area contributed by atoms with Crippen LogP contribution in [-0.4, -0.2) is 43.1 Å². The second-order valence-corrected chi connectivity index (χ2v) is 4.82. The van der Waals surface area contributed by atoms with E-state index in [2.05, 4.69) is 10.6 Å². The van der Waals surface area contributed by atoms with Gasteiger partial charge in [-0.15, -0.1) is 0 Å². The number of rotatable bonds is 5. The molecule has 0 spiro atoms. The van der Waals surface area contributed by atoms with Crippen LogP contribution in [0.15, 0.2) is 24.3 Å². The van der Waals surface area contributed by atoms with Gasteiger partial charge in [0.15, 0.2) is 0 Å². The zero-order valence-corrected chi connectivity index (χ0v) is 12.4. The summed E-state index contributed by atoms with van der Waals surface area (Å²) in [5.41, 5.74) is 0.972. The Hall–Kier alpha value is -2.24. The van der Waals surface area contributed by atoms with Crippen molar-refractivity contribution in [1.29, 1.82) is 0 Å². The highest BCUT2D eigenvalue weighted by Crippen LogP contribution is 2.31. The van der Waals surface area contributed by atoms with Gasteiger partial charge in [0.2, 0.25) is 5.91 Å². The molecule has 1 aliphatic heterocycles. The summed E-state index contributed by atoms with van der Waals surface area (Å²) in [5, 5.41) is 5.60. The van der Waals surface area contributed by atoms with Crippen LogP contribution in [0.2, 0.25) is 0 Å². The molecule has 0 radical (unpaired) electrons. The predicted octanol–water partition coefficient (Wildman–Crippen LogP) is 1.29. The number of carbonyl (C=O) groups is 2. The van der Waals surface area contributed by atoms with Crippen LogP contribution >= 0.6 is 0 Å². The van der Waals surface area contributed by atoms with Gasteiger partial charge in [-0.25, -0.2) is 4.79 Å². The maximum Gasteiger partial charge on any atom is 0.318 e. The highest BCUT2D eigenvalue weighted by molar-refractivity contribution is 5.84. The van der Waals surface area contributed by atoms with Crippen LogP contribution in [0.3, 0.4) is 0 Å². The van der Waals surface area contributed by atoms with Crippen LogP contribution in [0.1, 0.15) is 25.5 Å². The van der Waals surface area contributed by atoms with Gasteiger partial charge >= 0.3 is 6.03 Å². The average Bonchev–Trinajstić information content (AvgIpc) is 2.88. The summed E-state index contributed by atoms with van der Waals surface area (Å²) < 4.78 is 5.53. The summed E-state index contributed by atoms with van der Waals surface area (Å²) in [7, 11) is 0. The van der Waals surface area contributed by atoms with E-state index in [0.717, 1.165) is 11.3 Å². The summed E-state index contributed by atoms with van der Waals surface area (Å²) in [6, 6.07) is 7.21. The molecule has 21 heavy (non-hydrogen) atoms. The average molecular weight is 291 g/mol.